The average molecular weight is 801 g/mol. The molecular weight excluding hydrogens is 749 g/mol. The van der Waals surface area contributed by atoms with Gasteiger partial charge in [0.2, 0.25) is 0 Å². The maximum Gasteiger partial charge on any atom is 0.0546 e. The molecule has 0 aliphatic carbocycles. The van der Waals surface area contributed by atoms with Crippen LogP contribution >= 0.6 is 0 Å². The molecule has 0 amide bonds. The third-order valence-electron chi connectivity index (χ3n) is 12.5. The van der Waals surface area contributed by atoms with Gasteiger partial charge in [-0.25, -0.2) is 0 Å². The van der Waals surface area contributed by atoms with E-state index in [4.69, 9.17) is 0 Å². The number of nitrogens with zero attached hydrogens (tertiary/aromatic N) is 2. The molecule has 62 heavy (non-hydrogen) atoms. The molecule has 0 saturated heterocycles. The smallest absolute Gasteiger partial charge is 0.0546 e. The van der Waals surface area contributed by atoms with E-state index in [0.717, 1.165) is 34.1 Å². The largest absolute Gasteiger partial charge is 0.310 e. The topological polar surface area (TPSA) is 6.48 Å². The van der Waals surface area contributed by atoms with E-state index >= 15 is 0 Å². The molecule has 0 aliphatic heterocycles. The molecule has 10 rings (SSSR count). The number of fused-ring (bicyclic) bond motifs is 6. The zero-order chi connectivity index (χ0) is 42.6. The van der Waals surface area contributed by atoms with E-state index in [1.54, 1.807) is 0 Å². The molecule has 0 aliphatic rings. The van der Waals surface area contributed by atoms with E-state index in [1.807, 2.05) is 0 Å². The first-order valence-electron chi connectivity index (χ1n) is 21.8. The van der Waals surface area contributed by atoms with Gasteiger partial charge < -0.3 is 9.80 Å². The number of hydrogen-bond donors (Lipinski definition) is 0. The fraction of sp³-hybridized carbons (Fsp3) is 0.133. The van der Waals surface area contributed by atoms with Gasteiger partial charge in [-0.2, -0.15) is 0 Å². The van der Waals surface area contributed by atoms with Gasteiger partial charge in [-0.3, -0.25) is 0 Å². The van der Waals surface area contributed by atoms with Crippen molar-refractivity contribution >= 4 is 77.2 Å². The van der Waals surface area contributed by atoms with Gasteiger partial charge in [0.25, 0.3) is 0 Å². The van der Waals surface area contributed by atoms with Crippen molar-refractivity contribution in [1.29, 1.82) is 0 Å². The van der Waals surface area contributed by atoms with E-state index in [1.165, 1.54) is 65.3 Å². The van der Waals surface area contributed by atoms with Crippen molar-refractivity contribution in [2.75, 3.05) is 9.80 Å². The Balaban J connectivity index is 1.06. The number of rotatable bonds is 7. The van der Waals surface area contributed by atoms with Gasteiger partial charge in [0.05, 0.1) is 11.4 Å². The Morgan fingerprint density at radius 2 is 0.548 bits per heavy atom. The quantitative estimate of drug-likeness (QED) is 0.148. The normalized spacial score (nSPS) is 12.0. The van der Waals surface area contributed by atoms with Crippen LogP contribution in [0.5, 0.6) is 0 Å². The third-order valence-corrected chi connectivity index (χ3v) is 12.5. The Kier molecular flexibility index (Phi) is 9.68. The van der Waals surface area contributed by atoms with Gasteiger partial charge >= 0.3 is 0 Å². The standard InChI is InChI=1S/C60H52N2/c1-59(2,3)45-27-35-49(36-28-45)61(57-39-43-15-7-9-17-51(43)53-19-11-13-21-55(53)57)47-31-23-41(24-32-47)42-25-33-48(34-26-42)62(50-37-29-46(30-38-50)60(4,5)6)58-40-44-16-8-10-18-52(44)54-20-12-14-22-56(54)58/h7-40H,1-6H3. The van der Waals surface area contributed by atoms with Crippen molar-refractivity contribution in [3.05, 3.63) is 217 Å². The van der Waals surface area contributed by atoms with Crippen LogP contribution in [0.25, 0.3) is 54.2 Å². The van der Waals surface area contributed by atoms with Gasteiger partial charge in [0.1, 0.15) is 0 Å². The second-order valence-corrected chi connectivity index (χ2v) is 18.7. The van der Waals surface area contributed by atoms with Crippen LogP contribution in [0.4, 0.5) is 34.1 Å². The van der Waals surface area contributed by atoms with Crippen LogP contribution in [0.1, 0.15) is 52.7 Å². The Morgan fingerprint density at radius 1 is 0.274 bits per heavy atom. The summed E-state index contributed by atoms with van der Waals surface area (Å²) in [7, 11) is 0. The SMILES string of the molecule is CC(C)(C)c1ccc(N(c2ccc(-c3ccc(N(c4ccc(C(C)(C)C)cc4)c4cc5ccccc5c5ccccc45)cc3)cc2)c2cc3ccccc3c3ccccc23)cc1. The first-order valence-corrected chi connectivity index (χ1v) is 21.8. The molecule has 0 unspecified atom stereocenters. The van der Waals surface area contributed by atoms with Crippen molar-refractivity contribution < 1.29 is 0 Å². The summed E-state index contributed by atoms with van der Waals surface area (Å²) in [4.78, 5) is 4.84. The molecule has 10 aromatic carbocycles. The van der Waals surface area contributed by atoms with Crippen molar-refractivity contribution in [3.8, 4) is 11.1 Å². The highest BCUT2D eigenvalue weighted by Crippen LogP contribution is 2.45. The fourth-order valence-electron chi connectivity index (χ4n) is 9.12. The zero-order valence-corrected chi connectivity index (χ0v) is 36.5. The second-order valence-electron chi connectivity index (χ2n) is 18.7. The molecular formula is C60H52N2. The molecule has 0 saturated carbocycles. The summed E-state index contributed by atoms with van der Waals surface area (Å²) in [5, 5.41) is 9.94. The summed E-state index contributed by atoms with van der Waals surface area (Å²) in [6.07, 6.45) is 0. The molecule has 2 nitrogen and oxygen atoms in total. The van der Waals surface area contributed by atoms with Gasteiger partial charge in [-0.05, 0) is 126 Å². The van der Waals surface area contributed by atoms with Gasteiger partial charge in [0.15, 0.2) is 0 Å². The van der Waals surface area contributed by atoms with Crippen LogP contribution in [0, 0.1) is 0 Å². The molecule has 0 N–H and O–H groups in total. The predicted octanol–water partition coefficient (Wildman–Crippen LogP) is 17.5. The summed E-state index contributed by atoms with van der Waals surface area (Å²) in [6.45, 7) is 13.6. The van der Waals surface area contributed by atoms with Crippen LogP contribution in [0.15, 0.2) is 206 Å². The van der Waals surface area contributed by atoms with Crippen LogP contribution in [-0.4, -0.2) is 0 Å². The van der Waals surface area contributed by atoms with Gasteiger partial charge in [0, 0.05) is 33.5 Å². The van der Waals surface area contributed by atoms with Crippen LogP contribution in [-0.2, 0) is 10.8 Å². The molecule has 302 valence electrons. The minimum atomic E-state index is 0.0629. The van der Waals surface area contributed by atoms with Crippen LogP contribution < -0.4 is 9.80 Å². The monoisotopic (exact) mass is 800 g/mol. The molecule has 0 spiro atoms. The maximum absolute atomic E-state index is 2.42. The Labute approximate surface area is 366 Å². The number of benzene rings is 10. The van der Waals surface area contributed by atoms with Crippen molar-refractivity contribution in [2.45, 2.75) is 52.4 Å². The van der Waals surface area contributed by atoms with Crippen molar-refractivity contribution in [2.24, 2.45) is 0 Å². The lowest BCUT2D eigenvalue weighted by Gasteiger charge is -2.29. The first-order chi connectivity index (χ1) is 30.0. The molecule has 2 heteroatoms. The van der Waals surface area contributed by atoms with E-state index in [9.17, 15) is 0 Å². The number of anilines is 6. The van der Waals surface area contributed by atoms with E-state index in [0.29, 0.717) is 0 Å². The zero-order valence-electron chi connectivity index (χ0n) is 36.5. The maximum atomic E-state index is 2.42. The lowest BCUT2D eigenvalue weighted by molar-refractivity contribution is 0.590. The Hall–Kier alpha value is -7.16. The van der Waals surface area contributed by atoms with E-state index < -0.39 is 0 Å². The van der Waals surface area contributed by atoms with Gasteiger partial charge in [-0.1, -0.05) is 187 Å². The summed E-state index contributed by atoms with van der Waals surface area (Å²) in [6, 6.07) is 76.2. The highest BCUT2D eigenvalue weighted by Gasteiger charge is 2.22. The minimum absolute atomic E-state index is 0.0629. The summed E-state index contributed by atoms with van der Waals surface area (Å²) < 4.78 is 0. The highest BCUT2D eigenvalue weighted by atomic mass is 15.1. The average Bonchev–Trinajstić information content (AvgIpc) is 3.29. The third kappa shape index (κ3) is 7.16. The van der Waals surface area contributed by atoms with Crippen LogP contribution in [0.2, 0.25) is 0 Å². The molecule has 0 heterocycles. The second kappa shape index (κ2) is 15.4. The van der Waals surface area contributed by atoms with Crippen LogP contribution in [0.3, 0.4) is 0 Å². The number of hydrogen-bond acceptors (Lipinski definition) is 2. The van der Waals surface area contributed by atoms with E-state index in [2.05, 4.69) is 258 Å². The highest BCUT2D eigenvalue weighted by molar-refractivity contribution is 6.15. The predicted molar refractivity (Wildman–Crippen MR) is 269 cm³/mol. The summed E-state index contributed by atoms with van der Waals surface area (Å²) in [5.41, 5.74) is 11.9. The van der Waals surface area contributed by atoms with Crippen molar-refractivity contribution in [3.63, 3.8) is 0 Å². The first kappa shape index (κ1) is 39.0. The molecule has 0 atom stereocenters. The molecule has 0 radical (unpaired) electrons. The van der Waals surface area contributed by atoms with Crippen molar-refractivity contribution in [1.82, 2.24) is 0 Å². The van der Waals surface area contributed by atoms with Gasteiger partial charge in [-0.15, -0.1) is 0 Å². The Morgan fingerprint density at radius 3 is 0.871 bits per heavy atom. The lowest BCUT2D eigenvalue weighted by Crippen LogP contribution is -2.13. The molecule has 10 aromatic rings. The van der Waals surface area contributed by atoms with E-state index in [-0.39, 0.29) is 10.8 Å². The molecule has 0 aromatic heterocycles. The molecule has 0 bridgehead atoms. The summed E-state index contributed by atoms with van der Waals surface area (Å²) >= 11 is 0. The fourth-order valence-corrected chi connectivity index (χ4v) is 9.12. The minimum Gasteiger partial charge on any atom is -0.310 e. The molecule has 0 fully saturated rings. The summed E-state index contributed by atoms with van der Waals surface area (Å²) in [5.74, 6) is 0. The Bertz CT molecular complexity index is 3000. The lowest BCUT2D eigenvalue weighted by atomic mass is 9.87.